The predicted octanol–water partition coefficient (Wildman–Crippen LogP) is 4.64. The molecule has 0 saturated heterocycles. The Morgan fingerprint density at radius 3 is 1.45 bits per heavy atom. The maximum Gasteiger partial charge on any atom is 0.338 e. The second-order valence-electron chi connectivity index (χ2n) is 10.1. The highest BCUT2D eigenvalue weighted by Crippen LogP contribution is 2.35. The zero-order valence-electron chi connectivity index (χ0n) is 25.3. The van der Waals surface area contributed by atoms with Gasteiger partial charge in [0.25, 0.3) is 0 Å². The first kappa shape index (κ1) is 32.7. The molecule has 0 saturated carbocycles. The molecule has 0 aliphatic carbocycles. The van der Waals surface area contributed by atoms with E-state index in [9.17, 15) is 9.59 Å². The molecule has 2 aliphatic rings. The van der Waals surface area contributed by atoms with Gasteiger partial charge in [-0.15, -0.1) is 0 Å². The first-order chi connectivity index (χ1) is 21.2. The van der Waals surface area contributed by atoms with Gasteiger partial charge in [0.2, 0.25) is 0 Å². The third-order valence-electron chi connectivity index (χ3n) is 7.04. The lowest BCUT2D eigenvalue weighted by atomic mass is 9.95. The van der Waals surface area contributed by atoms with Crippen LogP contribution in [0.15, 0.2) is 71.1 Å². The van der Waals surface area contributed by atoms with Crippen molar-refractivity contribution in [1.29, 1.82) is 0 Å². The molecule has 2 atom stereocenters. The number of hydrogen-bond acceptors (Lipinski definition) is 8. The van der Waals surface area contributed by atoms with Crippen molar-refractivity contribution in [3.63, 3.8) is 0 Å². The Kier molecular flexibility index (Phi) is 11.6. The van der Waals surface area contributed by atoms with Gasteiger partial charge in [-0.3, -0.25) is 0 Å². The van der Waals surface area contributed by atoms with E-state index in [0.717, 1.165) is 24.0 Å². The second-order valence-corrected chi connectivity index (χ2v) is 10.9. The predicted molar refractivity (Wildman–Crippen MR) is 175 cm³/mol. The van der Waals surface area contributed by atoms with Crippen molar-refractivity contribution in [2.45, 2.75) is 52.6 Å². The Hall–Kier alpha value is -4.16. The van der Waals surface area contributed by atoms with E-state index in [4.69, 9.17) is 43.4 Å². The Balaban J connectivity index is 1.39. The Bertz CT molecular complexity index is 1360. The summed E-state index contributed by atoms with van der Waals surface area (Å²) in [6.45, 7) is 8.56. The Morgan fingerprint density at radius 1 is 0.682 bits per heavy atom. The topological polar surface area (TPSA) is 119 Å². The molecule has 4 rings (SSSR count). The van der Waals surface area contributed by atoms with E-state index in [-0.39, 0.29) is 13.2 Å². The number of carbonyl (C=O) groups is 2. The van der Waals surface area contributed by atoms with Crippen LogP contribution in [0.2, 0.25) is 0 Å². The van der Waals surface area contributed by atoms with E-state index in [0.29, 0.717) is 57.5 Å². The van der Waals surface area contributed by atoms with Crippen LogP contribution in [-0.2, 0) is 19.1 Å². The molecule has 12 heteroatoms. The molecule has 2 aromatic carbocycles. The van der Waals surface area contributed by atoms with Crippen LogP contribution in [0.1, 0.15) is 63.7 Å². The van der Waals surface area contributed by atoms with Gasteiger partial charge in [0.1, 0.15) is 11.5 Å². The first-order valence-corrected chi connectivity index (χ1v) is 15.4. The van der Waals surface area contributed by atoms with E-state index in [2.05, 4.69) is 21.3 Å². The molecule has 2 aromatic rings. The minimum atomic E-state index is -0.507. The molecule has 0 amide bonds. The summed E-state index contributed by atoms with van der Waals surface area (Å²) in [6.07, 6.45) is 1.44. The number of benzene rings is 2. The van der Waals surface area contributed by atoms with Gasteiger partial charge in [-0.1, -0.05) is 36.4 Å². The number of ether oxygens (including phenoxy) is 4. The van der Waals surface area contributed by atoms with Gasteiger partial charge >= 0.3 is 11.9 Å². The summed E-state index contributed by atoms with van der Waals surface area (Å²) in [5.41, 5.74) is 3.79. The average molecular weight is 639 g/mol. The van der Waals surface area contributed by atoms with Crippen LogP contribution in [0.3, 0.4) is 0 Å². The van der Waals surface area contributed by atoms with Gasteiger partial charge in [-0.05, 0) is 77.1 Å². The highest BCUT2D eigenvalue weighted by atomic mass is 32.1. The van der Waals surface area contributed by atoms with Crippen LogP contribution in [0.5, 0.6) is 11.5 Å². The van der Waals surface area contributed by atoms with Crippen LogP contribution in [-0.4, -0.2) is 48.6 Å². The number of carbonyl (C=O) groups excluding carboxylic acids is 2. The van der Waals surface area contributed by atoms with Crippen LogP contribution in [0.25, 0.3) is 0 Å². The molecular weight excluding hydrogens is 601 g/mol. The molecule has 0 aromatic heterocycles. The molecule has 2 heterocycles. The quantitative estimate of drug-likeness (QED) is 0.139. The fraction of sp³-hybridized carbons (Fsp3) is 0.375. The smallest absolute Gasteiger partial charge is 0.338 e. The third kappa shape index (κ3) is 7.86. The van der Waals surface area contributed by atoms with Gasteiger partial charge in [-0.25, -0.2) is 9.59 Å². The van der Waals surface area contributed by atoms with Crippen molar-refractivity contribution in [1.82, 2.24) is 21.3 Å². The summed E-state index contributed by atoms with van der Waals surface area (Å²) in [4.78, 5) is 25.6. The number of allylic oxidation sites excluding steroid dienone is 2. The number of nitrogens with one attached hydrogen (secondary N) is 4. The molecule has 0 unspecified atom stereocenters. The van der Waals surface area contributed by atoms with Gasteiger partial charge < -0.3 is 40.2 Å². The zero-order valence-corrected chi connectivity index (χ0v) is 26.9. The number of unbranched alkanes of at least 4 members (excludes halogenated alkanes) is 1. The lowest BCUT2D eigenvalue weighted by molar-refractivity contribution is -0.140. The van der Waals surface area contributed by atoms with Crippen LogP contribution >= 0.6 is 24.4 Å². The highest BCUT2D eigenvalue weighted by Gasteiger charge is 2.34. The van der Waals surface area contributed by atoms with Crippen LogP contribution in [0, 0.1) is 0 Å². The van der Waals surface area contributed by atoms with Gasteiger partial charge in [-0.2, -0.15) is 0 Å². The van der Waals surface area contributed by atoms with Crippen molar-refractivity contribution in [3.8, 4) is 11.5 Å². The molecule has 0 bridgehead atoms. The SMILES string of the molecule is CCOC(=O)C1=C(C)NC(=S)N[C@H]1c1ccccc1OCCCCOc1ccccc1[C@H]1NC(=S)NC(C)=C1C(=O)OCC. The summed E-state index contributed by atoms with van der Waals surface area (Å²) >= 11 is 10.7. The summed E-state index contributed by atoms with van der Waals surface area (Å²) in [6, 6.07) is 14.1. The van der Waals surface area contributed by atoms with Crippen molar-refractivity contribution in [2.75, 3.05) is 26.4 Å². The Labute approximate surface area is 268 Å². The number of thiocarbonyl (C=S) groups is 2. The van der Waals surface area contributed by atoms with Crippen molar-refractivity contribution in [3.05, 3.63) is 82.2 Å². The number of rotatable bonds is 13. The molecule has 234 valence electrons. The molecule has 10 nitrogen and oxygen atoms in total. The van der Waals surface area contributed by atoms with Gasteiger partial charge in [0.05, 0.1) is 49.7 Å². The van der Waals surface area contributed by atoms with E-state index >= 15 is 0 Å². The zero-order chi connectivity index (χ0) is 31.6. The van der Waals surface area contributed by atoms with Crippen molar-refractivity contribution < 1.29 is 28.5 Å². The largest absolute Gasteiger partial charge is 0.493 e. The summed E-state index contributed by atoms with van der Waals surface area (Å²) < 4.78 is 23.0. The number of esters is 2. The third-order valence-corrected chi connectivity index (χ3v) is 7.48. The van der Waals surface area contributed by atoms with Crippen molar-refractivity contribution in [2.24, 2.45) is 0 Å². The number of hydrogen-bond donors (Lipinski definition) is 4. The minimum Gasteiger partial charge on any atom is -0.493 e. The highest BCUT2D eigenvalue weighted by molar-refractivity contribution is 7.80. The lowest BCUT2D eigenvalue weighted by Gasteiger charge is -2.31. The fourth-order valence-corrected chi connectivity index (χ4v) is 5.62. The van der Waals surface area contributed by atoms with E-state index in [1.807, 2.05) is 48.5 Å². The van der Waals surface area contributed by atoms with Crippen LogP contribution < -0.4 is 30.7 Å². The lowest BCUT2D eigenvalue weighted by Crippen LogP contribution is -2.45. The molecule has 0 radical (unpaired) electrons. The standard InChI is InChI=1S/C32H38N4O6S2/c1-5-39-29(37)25-19(3)33-31(43)35-27(25)21-13-7-9-15-23(21)41-17-11-12-18-42-24-16-10-8-14-22(24)28-26(30(38)40-6-2)20(4)34-32(44)36-28/h7-10,13-16,27-28H,5-6,11-12,17-18H2,1-4H3,(H2,33,35,43)(H2,34,36,44)/t27-,28+. The molecule has 44 heavy (non-hydrogen) atoms. The molecule has 4 N–H and O–H groups in total. The normalized spacial score (nSPS) is 18.0. The van der Waals surface area contributed by atoms with E-state index in [1.165, 1.54) is 0 Å². The average Bonchev–Trinajstić information content (AvgIpc) is 2.98. The molecule has 0 spiro atoms. The van der Waals surface area contributed by atoms with Crippen LogP contribution in [0.4, 0.5) is 0 Å². The summed E-state index contributed by atoms with van der Waals surface area (Å²) in [5.74, 6) is 0.479. The second kappa shape index (κ2) is 15.5. The molecular formula is C32H38N4O6S2. The maximum absolute atomic E-state index is 12.8. The molecule has 2 aliphatic heterocycles. The fourth-order valence-electron chi connectivity index (χ4n) is 5.08. The molecule has 0 fully saturated rings. The summed E-state index contributed by atoms with van der Waals surface area (Å²) in [7, 11) is 0. The van der Waals surface area contributed by atoms with E-state index in [1.54, 1.807) is 27.7 Å². The van der Waals surface area contributed by atoms with Crippen molar-refractivity contribution >= 4 is 46.6 Å². The van der Waals surface area contributed by atoms with Gasteiger partial charge in [0, 0.05) is 22.5 Å². The maximum atomic E-state index is 12.8. The van der Waals surface area contributed by atoms with Gasteiger partial charge in [0.15, 0.2) is 10.2 Å². The first-order valence-electron chi connectivity index (χ1n) is 14.6. The number of para-hydroxylation sites is 2. The monoisotopic (exact) mass is 638 g/mol. The minimum absolute atomic E-state index is 0.266. The van der Waals surface area contributed by atoms with E-state index < -0.39 is 24.0 Å². The Morgan fingerprint density at radius 2 is 1.07 bits per heavy atom. The summed E-state index contributed by atoms with van der Waals surface area (Å²) in [5, 5.41) is 13.3.